The first-order chi connectivity index (χ1) is 10.1. The van der Waals surface area contributed by atoms with Crippen molar-refractivity contribution in [3.63, 3.8) is 0 Å². The highest BCUT2D eigenvalue weighted by atomic mass is 79.9. The Morgan fingerprint density at radius 2 is 2.24 bits per heavy atom. The predicted octanol–water partition coefficient (Wildman–Crippen LogP) is 2.63. The molecule has 2 heterocycles. The van der Waals surface area contributed by atoms with Crippen LogP contribution in [0.15, 0.2) is 28.7 Å². The topological polar surface area (TPSA) is 39.1 Å². The highest BCUT2D eigenvalue weighted by Gasteiger charge is 2.30. The van der Waals surface area contributed by atoms with Crippen molar-refractivity contribution in [2.45, 2.75) is 31.9 Å². The molecule has 2 atom stereocenters. The smallest absolute Gasteiger partial charge is 0.123 e. The van der Waals surface area contributed by atoms with Gasteiger partial charge in [-0.15, -0.1) is 0 Å². The van der Waals surface area contributed by atoms with E-state index in [1.807, 2.05) is 37.8 Å². The van der Waals surface area contributed by atoms with Crippen LogP contribution in [0.2, 0.25) is 0 Å². The van der Waals surface area contributed by atoms with E-state index in [1.54, 1.807) is 0 Å². The van der Waals surface area contributed by atoms with Crippen LogP contribution in [0.1, 0.15) is 17.0 Å². The van der Waals surface area contributed by atoms with E-state index in [2.05, 4.69) is 38.5 Å². The van der Waals surface area contributed by atoms with Crippen LogP contribution < -0.4 is 10.1 Å². The zero-order chi connectivity index (χ0) is 15.0. The van der Waals surface area contributed by atoms with Crippen LogP contribution in [0.25, 0.3) is 0 Å². The molecule has 1 aromatic carbocycles. The molecular formula is C16H20BrN3O. The number of rotatable bonds is 4. The van der Waals surface area contributed by atoms with Crippen molar-refractivity contribution in [1.82, 2.24) is 15.1 Å². The molecule has 0 spiro atoms. The lowest BCUT2D eigenvalue weighted by molar-refractivity contribution is 0.180. The summed E-state index contributed by atoms with van der Waals surface area (Å²) in [5, 5.41) is 7.87. The molecule has 4 nitrogen and oxygen atoms in total. The number of benzene rings is 1. The summed E-state index contributed by atoms with van der Waals surface area (Å²) >= 11 is 3.64. The van der Waals surface area contributed by atoms with Gasteiger partial charge in [0.1, 0.15) is 11.9 Å². The summed E-state index contributed by atoms with van der Waals surface area (Å²) in [6.45, 7) is 2.02. The minimum absolute atomic E-state index is 0.162. The Hall–Kier alpha value is -1.33. The van der Waals surface area contributed by atoms with Crippen molar-refractivity contribution in [1.29, 1.82) is 0 Å². The number of nitrogens with zero attached hydrogens (tertiary/aromatic N) is 2. The van der Waals surface area contributed by atoms with Gasteiger partial charge in [-0.3, -0.25) is 4.68 Å². The maximum atomic E-state index is 6.11. The third-order valence-electron chi connectivity index (χ3n) is 4.17. The van der Waals surface area contributed by atoms with Gasteiger partial charge in [0.25, 0.3) is 0 Å². The summed E-state index contributed by atoms with van der Waals surface area (Å²) in [5.74, 6) is 1.02. The monoisotopic (exact) mass is 349 g/mol. The number of hydrogen-bond donors (Lipinski definition) is 1. The molecule has 1 aromatic heterocycles. The number of fused-ring (bicyclic) bond motifs is 1. The average Bonchev–Trinajstić information content (AvgIpc) is 3.00. The molecule has 1 aliphatic rings. The molecule has 0 saturated heterocycles. The van der Waals surface area contributed by atoms with Crippen LogP contribution >= 0.6 is 15.9 Å². The van der Waals surface area contributed by atoms with Crippen LogP contribution in [0.5, 0.6) is 5.75 Å². The van der Waals surface area contributed by atoms with E-state index in [9.17, 15) is 0 Å². The number of likely N-dealkylation sites (N-methyl/N-ethyl adjacent to an activating group) is 1. The van der Waals surface area contributed by atoms with Gasteiger partial charge in [0.05, 0.1) is 15.9 Å². The molecule has 21 heavy (non-hydrogen) atoms. The first kappa shape index (κ1) is 14.6. The largest absolute Gasteiger partial charge is 0.488 e. The van der Waals surface area contributed by atoms with E-state index in [4.69, 9.17) is 4.74 Å². The van der Waals surface area contributed by atoms with Gasteiger partial charge in [0.15, 0.2) is 0 Å². The van der Waals surface area contributed by atoms with Crippen molar-refractivity contribution in [3.05, 3.63) is 45.7 Å². The minimum atomic E-state index is 0.162. The zero-order valence-electron chi connectivity index (χ0n) is 12.6. The second-order valence-electron chi connectivity index (χ2n) is 5.54. The second-order valence-corrected chi connectivity index (χ2v) is 6.33. The summed E-state index contributed by atoms with van der Waals surface area (Å²) in [7, 11) is 3.98. The van der Waals surface area contributed by atoms with E-state index < -0.39 is 0 Å². The van der Waals surface area contributed by atoms with Gasteiger partial charge in [-0.25, -0.2) is 0 Å². The van der Waals surface area contributed by atoms with E-state index in [0.29, 0.717) is 0 Å². The lowest BCUT2D eigenvalue weighted by atomic mass is 10.0. The van der Waals surface area contributed by atoms with Crippen LogP contribution in [0, 0.1) is 6.92 Å². The van der Waals surface area contributed by atoms with E-state index in [1.165, 1.54) is 11.3 Å². The van der Waals surface area contributed by atoms with Crippen LogP contribution in [0.4, 0.5) is 0 Å². The van der Waals surface area contributed by atoms with Crippen molar-refractivity contribution in [3.8, 4) is 5.75 Å². The molecule has 0 bridgehead atoms. The Labute approximate surface area is 133 Å². The Kier molecular flexibility index (Phi) is 4.04. The third kappa shape index (κ3) is 2.72. The lowest BCUT2D eigenvalue weighted by Crippen LogP contribution is -2.42. The van der Waals surface area contributed by atoms with Crippen molar-refractivity contribution >= 4 is 15.9 Å². The van der Waals surface area contributed by atoms with E-state index in [0.717, 1.165) is 28.8 Å². The van der Waals surface area contributed by atoms with Crippen LogP contribution in [-0.2, 0) is 19.9 Å². The van der Waals surface area contributed by atoms with Crippen molar-refractivity contribution in [2.75, 3.05) is 7.05 Å². The summed E-state index contributed by atoms with van der Waals surface area (Å²) in [4.78, 5) is 0. The fraction of sp³-hybridized carbons (Fsp3) is 0.438. The molecule has 0 fully saturated rings. The Morgan fingerprint density at radius 1 is 1.48 bits per heavy atom. The molecule has 112 valence electrons. The number of aryl methyl sites for hydroxylation is 2. The molecule has 0 aliphatic carbocycles. The molecule has 0 saturated carbocycles. The fourth-order valence-corrected chi connectivity index (χ4v) is 3.46. The van der Waals surface area contributed by atoms with Gasteiger partial charge in [-0.2, -0.15) is 5.10 Å². The molecule has 1 aliphatic heterocycles. The zero-order valence-corrected chi connectivity index (χ0v) is 14.1. The predicted molar refractivity (Wildman–Crippen MR) is 86.8 cm³/mol. The Bertz CT molecular complexity index is 628. The van der Waals surface area contributed by atoms with E-state index >= 15 is 0 Å². The fourth-order valence-electron chi connectivity index (χ4n) is 2.96. The molecule has 2 aromatic rings. The van der Waals surface area contributed by atoms with Gasteiger partial charge < -0.3 is 10.1 Å². The summed E-state index contributed by atoms with van der Waals surface area (Å²) in [5.41, 5.74) is 3.52. The molecule has 1 N–H and O–H groups in total. The summed E-state index contributed by atoms with van der Waals surface area (Å²) in [6, 6.07) is 8.54. The highest BCUT2D eigenvalue weighted by Crippen LogP contribution is 2.31. The summed E-state index contributed by atoms with van der Waals surface area (Å²) in [6.07, 6.45) is 2.00. The number of hydrogen-bond acceptors (Lipinski definition) is 3. The number of aromatic nitrogens is 2. The van der Waals surface area contributed by atoms with Gasteiger partial charge in [0, 0.05) is 25.9 Å². The quantitative estimate of drug-likeness (QED) is 0.922. The minimum Gasteiger partial charge on any atom is -0.488 e. The van der Waals surface area contributed by atoms with Crippen LogP contribution in [-0.4, -0.2) is 29.0 Å². The maximum absolute atomic E-state index is 6.11. The maximum Gasteiger partial charge on any atom is 0.123 e. The Balaban J connectivity index is 1.78. The van der Waals surface area contributed by atoms with Gasteiger partial charge in [-0.1, -0.05) is 18.2 Å². The molecule has 0 radical (unpaired) electrons. The van der Waals surface area contributed by atoms with Gasteiger partial charge in [-0.05, 0) is 41.5 Å². The lowest BCUT2D eigenvalue weighted by Gasteiger charge is -2.23. The van der Waals surface area contributed by atoms with E-state index in [-0.39, 0.29) is 12.1 Å². The molecule has 0 amide bonds. The molecule has 2 unspecified atom stereocenters. The number of nitrogens with one attached hydrogen (secondary N) is 1. The molecule has 3 rings (SSSR count). The Morgan fingerprint density at radius 3 is 2.86 bits per heavy atom. The summed E-state index contributed by atoms with van der Waals surface area (Å²) < 4.78 is 9.16. The van der Waals surface area contributed by atoms with Crippen LogP contribution in [0.3, 0.4) is 0 Å². The first-order valence-electron chi connectivity index (χ1n) is 7.20. The van der Waals surface area contributed by atoms with Crippen molar-refractivity contribution in [2.24, 2.45) is 7.05 Å². The first-order valence-corrected chi connectivity index (χ1v) is 7.99. The molecular weight excluding hydrogens is 330 g/mol. The van der Waals surface area contributed by atoms with Crippen molar-refractivity contribution < 1.29 is 4.74 Å². The SMILES string of the molecule is CNC(Cc1c(Br)c(C)nn1C)C1Cc2ccccc2O1. The second kappa shape index (κ2) is 5.81. The number of ether oxygens (including phenoxy) is 1. The average molecular weight is 350 g/mol. The number of halogens is 1. The molecule has 5 heteroatoms. The number of para-hydroxylation sites is 1. The normalized spacial score (nSPS) is 18.4. The van der Waals surface area contributed by atoms with Gasteiger partial charge >= 0.3 is 0 Å². The standard InChI is InChI=1S/C16H20BrN3O/c1-10-16(17)13(20(3)19-10)9-12(18-2)15-8-11-6-4-5-7-14(11)21-15/h4-7,12,15,18H,8-9H2,1-3H3. The third-order valence-corrected chi connectivity index (χ3v) is 5.20. The highest BCUT2D eigenvalue weighted by molar-refractivity contribution is 9.10. The van der Waals surface area contributed by atoms with Gasteiger partial charge in [0.2, 0.25) is 0 Å².